The number of rotatable bonds is 5. The van der Waals surface area contributed by atoms with Gasteiger partial charge in [0.1, 0.15) is 0 Å². The molecule has 0 aliphatic heterocycles. The fourth-order valence-electron chi connectivity index (χ4n) is 1.35. The second kappa shape index (κ2) is 6.51. The molecule has 1 aromatic carbocycles. The lowest BCUT2D eigenvalue weighted by molar-refractivity contribution is -0.120. The van der Waals surface area contributed by atoms with E-state index in [-0.39, 0.29) is 5.91 Å². The number of nitrogens with one attached hydrogen (secondary N) is 2. The van der Waals surface area contributed by atoms with Gasteiger partial charge in [0, 0.05) is 31.6 Å². The molecular formula is C12H17ClN2O. The van der Waals surface area contributed by atoms with Gasteiger partial charge in [0.05, 0.1) is 0 Å². The van der Waals surface area contributed by atoms with Crippen LogP contribution in [0.1, 0.15) is 17.5 Å². The van der Waals surface area contributed by atoms with Crippen molar-refractivity contribution in [3.8, 4) is 0 Å². The number of carbonyl (C=O) groups is 1. The molecule has 1 amide bonds. The van der Waals surface area contributed by atoms with Crippen LogP contribution in [0, 0.1) is 6.92 Å². The SMILES string of the molecule is CNC(=O)CCNCc1ccc(C)cc1Cl. The molecule has 2 N–H and O–H groups in total. The minimum absolute atomic E-state index is 0.0440. The fraction of sp³-hybridized carbons (Fsp3) is 0.417. The van der Waals surface area contributed by atoms with E-state index >= 15 is 0 Å². The van der Waals surface area contributed by atoms with Crippen LogP contribution < -0.4 is 10.6 Å². The number of amides is 1. The molecule has 0 radical (unpaired) electrons. The Balaban J connectivity index is 2.35. The topological polar surface area (TPSA) is 41.1 Å². The predicted molar refractivity (Wildman–Crippen MR) is 66.6 cm³/mol. The quantitative estimate of drug-likeness (QED) is 0.772. The molecule has 1 aromatic rings. The van der Waals surface area contributed by atoms with Crippen LogP contribution in [0.2, 0.25) is 5.02 Å². The summed E-state index contributed by atoms with van der Waals surface area (Å²) < 4.78 is 0. The first-order valence-electron chi connectivity index (χ1n) is 5.30. The highest BCUT2D eigenvalue weighted by atomic mass is 35.5. The minimum atomic E-state index is 0.0440. The zero-order chi connectivity index (χ0) is 12.0. The van der Waals surface area contributed by atoms with Gasteiger partial charge in [0.2, 0.25) is 5.91 Å². The van der Waals surface area contributed by atoms with Gasteiger partial charge in [0.25, 0.3) is 0 Å². The van der Waals surface area contributed by atoms with Crippen LogP contribution in [-0.2, 0) is 11.3 Å². The van der Waals surface area contributed by atoms with E-state index in [2.05, 4.69) is 10.6 Å². The lowest BCUT2D eigenvalue weighted by atomic mass is 10.1. The molecular weight excluding hydrogens is 224 g/mol. The first kappa shape index (κ1) is 13.0. The van der Waals surface area contributed by atoms with Crippen LogP contribution in [0.25, 0.3) is 0 Å². The Morgan fingerprint density at radius 1 is 1.44 bits per heavy atom. The first-order valence-corrected chi connectivity index (χ1v) is 5.67. The number of aryl methyl sites for hydroxylation is 1. The van der Waals surface area contributed by atoms with Gasteiger partial charge in [-0.1, -0.05) is 23.7 Å². The van der Waals surface area contributed by atoms with Crippen LogP contribution in [-0.4, -0.2) is 19.5 Å². The molecule has 0 fully saturated rings. The maximum Gasteiger partial charge on any atom is 0.221 e. The van der Waals surface area contributed by atoms with Crippen molar-refractivity contribution in [2.24, 2.45) is 0 Å². The molecule has 0 atom stereocenters. The molecule has 3 nitrogen and oxygen atoms in total. The molecule has 0 saturated carbocycles. The second-order valence-corrected chi connectivity index (χ2v) is 4.10. The summed E-state index contributed by atoms with van der Waals surface area (Å²) in [4.78, 5) is 11.0. The fourth-order valence-corrected chi connectivity index (χ4v) is 1.65. The van der Waals surface area contributed by atoms with Gasteiger partial charge in [-0.05, 0) is 24.1 Å². The van der Waals surface area contributed by atoms with E-state index in [1.165, 1.54) is 0 Å². The van der Waals surface area contributed by atoms with Crippen molar-refractivity contribution in [3.05, 3.63) is 34.3 Å². The summed E-state index contributed by atoms with van der Waals surface area (Å²) in [6.45, 7) is 3.36. The lowest BCUT2D eigenvalue weighted by Gasteiger charge is -2.07. The average Bonchev–Trinajstić information content (AvgIpc) is 2.26. The summed E-state index contributed by atoms with van der Waals surface area (Å²) in [6.07, 6.45) is 0.486. The maximum atomic E-state index is 11.0. The normalized spacial score (nSPS) is 10.2. The Kier molecular flexibility index (Phi) is 5.29. The summed E-state index contributed by atoms with van der Waals surface area (Å²) >= 11 is 6.08. The van der Waals surface area contributed by atoms with Gasteiger partial charge in [-0.2, -0.15) is 0 Å². The third-order valence-electron chi connectivity index (χ3n) is 2.33. The van der Waals surface area contributed by atoms with Gasteiger partial charge in [-0.15, -0.1) is 0 Å². The Hall–Kier alpha value is -1.06. The molecule has 0 aliphatic rings. The van der Waals surface area contributed by atoms with Gasteiger partial charge >= 0.3 is 0 Å². The Morgan fingerprint density at radius 2 is 2.19 bits per heavy atom. The van der Waals surface area contributed by atoms with Gasteiger partial charge in [0.15, 0.2) is 0 Å². The van der Waals surface area contributed by atoms with Gasteiger partial charge in [-0.3, -0.25) is 4.79 Å². The van der Waals surface area contributed by atoms with E-state index < -0.39 is 0 Å². The van der Waals surface area contributed by atoms with Crippen molar-refractivity contribution in [2.45, 2.75) is 19.9 Å². The molecule has 1 rings (SSSR count). The Labute approximate surface area is 101 Å². The largest absolute Gasteiger partial charge is 0.359 e. The van der Waals surface area contributed by atoms with Gasteiger partial charge < -0.3 is 10.6 Å². The molecule has 0 spiro atoms. The number of hydrogen-bond acceptors (Lipinski definition) is 2. The summed E-state index contributed by atoms with van der Waals surface area (Å²) in [7, 11) is 1.64. The smallest absolute Gasteiger partial charge is 0.221 e. The Bertz CT molecular complexity index is 366. The van der Waals surface area contributed by atoms with E-state index in [9.17, 15) is 4.79 Å². The summed E-state index contributed by atoms with van der Waals surface area (Å²) in [6, 6.07) is 5.98. The lowest BCUT2D eigenvalue weighted by Crippen LogP contribution is -2.24. The van der Waals surface area contributed by atoms with Gasteiger partial charge in [-0.25, -0.2) is 0 Å². The van der Waals surface area contributed by atoms with Crippen molar-refractivity contribution in [1.29, 1.82) is 0 Å². The standard InChI is InChI=1S/C12H17ClN2O/c1-9-3-4-10(11(13)7-9)8-15-6-5-12(16)14-2/h3-4,7,15H,5-6,8H2,1-2H3,(H,14,16). The number of hydrogen-bond donors (Lipinski definition) is 2. The first-order chi connectivity index (χ1) is 7.63. The van der Waals surface area contributed by atoms with E-state index in [1.807, 2.05) is 25.1 Å². The molecule has 0 heterocycles. The molecule has 16 heavy (non-hydrogen) atoms. The third kappa shape index (κ3) is 4.21. The summed E-state index contributed by atoms with van der Waals surface area (Å²) in [5.41, 5.74) is 2.21. The summed E-state index contributed by atoms with van der Waals surface area (Å²) in [5, 5.41) is 6.53. The number of benzene rings is 1. The molecule has 0 unspecified atom stereocenters. The van der Waals surface area contributed by atoms with Crippen molar-refractivity contribution in [1.82, 2.24) is 10.6 Å². The van der Waals surface area contributed by atoms with E-state index in [4.69, 9.17) is 11.6 Å². The molecule has 0 saturated heterocycles. The zero-order valence-corrected chi connectivity index (χ0v) is 10.4. The highest BCUT2D eigenvalue weighted by Crippen LogP contribution is 2.17. The number of carbonyl (C=O) groups excluding carboxylic acids is 1. The van der Waals surface area contributed by atoms with Crippen molar-refractivity contribution in [2.75, 3.05) is 13.6 Å². The minimum Gasteiger partial charge on any atom is -0.359 e. The average molecular weight is 241 g/mol. The van der Waals surface area contributed by atoms with Crippen molar-refractivity contribution >= 4 is 17.5 Å². The zero-order valence-electron chi connectivity index (χ0n) is 9.64. The van der Waals surface area contributed by atoms with Crippen LogP contribution in [0.3, 0.4) is 0 Å². The van der Waals surface area contributed by atoms with E-state index in [0.717, 1.165) is 16.1 Å². The van der Waals surface area contributed by atoms with Crippen LogP contribution >= 0.6 is 11.6 Å². The summed E-state index contributed by atoms with van der Waals surface area (Å²) in [5.74, 6) is 0.0440. The molecule has 0 aromatic heterocycles. The molecule has 0 aliphatic carbocycles. The van der Waals surface area contributed by atoms with E-state index in [1.54, 1.807) is 7.05 Å². The Morgan fingerprint density at radius 3 is 2.81 bits per heavy atom. The molecule has 4 heteroatoms. The van der Waals surface area contributed by atoms with Crippen LogP contribution in [0.4, 0.5) is 0 Å². The van der Waals surface area contributed by atoms with Crippen LogP contribution in [0.15, 0.2) is 18.2 Å². The van der Waals surface area contributed by atoms with Crippen molar-refractivity contribution in [3.63, 3.8) is 0 Å². The molecule has 88 valence electrons. The molecule has 0 bridgehead atoms. The monoisotopic (exact) mass is 240 g/mol. The third-order valence-corrected chi connectivity index (χ3v) is 2.68. The second-order valence-electron chi connectivity index (χ2n) is 3.69. The van der Waals surface area contributed by atoms with E-state index in [0.29, 0.717) is 19.5 Å². The van der Waals surface area contributed by atoms with Crippen LogP contribution in [0.5, 0.6) is 0 Å². The number of halogens is 1. The maximum absolute atomic E-state index is 11.0. The highest BCUT2D eigenvalue weighted by molar-refractivity contribution is 6.31. The van der Waals surface area contributed by atoms with Crippen molar-refractivity contribution < 1.29 is 4.79 Å². The predicted octanol–water partition coefficient (Wildman–Crippen LogP) is 1.87. The highest BCUT2D eigenvalue weighted by Gasteiger charge is 2.01.